The zero-order valence-corrected chi connectivity index (χ0v) is 12.2. The van der Waals surface area contributed by atoms with E-state index in [1.807, 2.05) is 0 Å². The average Bonchev–Trinajstić information content (AvgIpc) is 2.79. The summed E-state index contributed by atoms with van der Waals surface area (Å²) in [5, 5.41) is 8.53. The summed E-state index contributed by atoms with van der Waals surface area (Å²) in [5.41, 5.74) is 0.985. The lowest BCUT2D eigenvalue weighted by Gasteiger charge is -2.02. The van der Waals surface area contributed by atoms with E-state index in [1.165, 1.54) is 6.42 Å². The van der Waals surface area contributed by atoms with Crippen molar-refractivity contribution in [2.24, 2.45) is 5.41 Å². The monoisotopic (exact) mass is 309 g/mol. The Hall–Kier alpha value is -1.10. The highest BCUT2D eigenvalue weighted by atomic mass is 35.5. The Kier molecular flexibility index (Phi) is 2.81. The second-order valence-corrected chi connectivity index (χ2v) is 6.41. The highest BCUT2D eigenvalue weighted by Crippen LogP contribution is 2.62. The highest BCUT2D eigenvalue weighted by Gasteiger charge is 2.58. The molecule has 1 aromatic carbocycles. The van der Waals surface area contributed by atoms with Crippen LogP contribution in [0.4, 0.5) is 0 Å². The summed E-state index contributed by atoms with van der Waals surface area (Å²) in [6.07, 6.45) is 2.31. The van der Waals surface area contributed by atoms with E-state index in [0.717, 1.165) is 19.5 Å². The third-order valence-corrected chi connectivity index (χ3v) is 5.02. The molecule has 20 heavy (non-hydrogen) atoms. The fraction of sp³-hybridized carbons (Fsp3) is 0.429. The van der Waals surface area contributed by atoms with Crippen LogP contribution >= 0.6 is 23.2 Å². The van der Waals surface area contributed by atoms with Crippen LogP contribution < -0.4 is 5.32 Å². The fourth-order valence-electron chi connectivity index (χ4n) is 3.12. The van der Waals surface area contributed by atoms with Crippen molar-refractivity contribution in [1.82, 2.24) is 15.5 Å². The highest BCUT2D eigenvalue weighted by molar-refractivity contribution is 6.38. The molecule has 1 aliphatic carbocycles. The molecule has 0 amide bonds. The van der Waals surface area contributed by atoms with Gasteiger partial charge < -0.3 is 9.84 Å². The molecule has 1 spiro atoms. The summed E-state index contributed by atoms with van der Waals surface area (Å²) in [6, 6.07) is 5.35. The van der Waals surface area contributed by atoms with Gasteiger partial charge in [-0.25, -0.2) is 0 Å². The standard InChI is InChI=1S/C14H13Cl2N3O/c15-9-2-1-3-10(16)11(9)12-18-13(20-19-12)8-6-14(8)4-5-17-7-14/h1-3,8,17H,4-7H2. The van der Waals surface area contributed by atoms with Crippen LogP contribution in [-0.4, -0.2) is 23.2 Å². The Morgan fingerprint density at radius 2 is 2.10 bits per heavy atom. The van der Waals surface area contributed by atoms with Crippen molar-refractivity contribution < 1.29 is 4.52 Å². The lowest BCUT2D eigenvalue weighted by molar-refractivity contribution is 0.364. The normalized spacial score (nSPS) is 28.2. The van der Waals surface area contributed by atoms with Crippen LogP contribution in [0.3, 0.4) is 0 Å². The van der Waals surface area contributed by atoms with Gasteiger partial charge in [0.1, 0.15) is 0 Å². The molecule has 104 valence electrons. The van der Waals surface area contributed by atoms with Crippen molar-refractivity contribution in [3.8, 4) is 11.4 Å². The molecular weight excluding hydrogens is 297 g/mol. The number of nitrogens with one attached hydrogen (secondary N) is 1. The van der Waals surface area contributed by atoms with E-state index < -0.39 is 0 Å². The zero-order valence-electron chi connectivity index (χ0n) is 10.7. The van der Waals surface area contributed by atoms with Crippen LogP contribution in [0.15, 0.2) is 22.7 Å². The number of hydrogen-bond acceptors (Lipinski definition) is 4. The van der Waals surface area contributed by atoms with Gasteiger partial charge in [-0.05, 0) is 36.9 Å². The first-order chi connectivity index (χ1) is 9.70. The number of nitrogens with zero attached hydrogens (tertiary/aromatic N) is 2. The molecule has 2 fully saturated rings. The summed E-state index contributed by atoms with van der Waals surface area (Å²) in [4.78, 5) is 4.51. The van der Waals surface area contributed by atoms with Crippen LogP contribution in [0.5, 0.6) is 0 Å². The Balaban J connectivity index is 1.66. The van der Waals surface area contributed by atoms with Crippen LogP contribution in [0.1, 0.15) is 24.7 Å². The number of aromatic nitrogens is 2. The molecule has 0 bridgehead atoms. The first kappa shape index (κ1) is 12.6. The van der Waals surface area contributed by atoms with E-state index in [4.69, 9.17) is 27.7 Å². The zero-order chi connectivity index (χ0) is 13.7. The van der Waals surface area contributed by atoms with Gasteiger partial charge in [0.2, 0.25) is 11.7 Å². The molecule has 6 heteroatoms. The van der Waals surface area contributed by atoms with Crippen LogP contribution in [0.25, 0.3) is 11.4 Å². The molecule has 1 saturated carbocycles. The Labute approximate surface area is 126 Å². The molecular formula is C14H13Cl2N3O. The van der Waals surface area contributed by atoms with Gasteiger partial charge in [0.15, 0.2) is 0 Å². The number of halogens is 2. The SMILES string of the molecule is Clc1cccc(Cl)c1-c1noc(C2CC23CCNC3)n1. The van der Waals surface area contributed by atoms with Crippen molar-refractivity contribution in [1.29, 1.82) is 0 Å². The van der Waals surface area contributed by atoms with E-state index in [9.17, 15) is 0 Å². The van der Waals surface area contributed by atoms with Crippen molar-refractivity contribution in [2.45, 2.75) is 18.8 Å². The van der Waals surface area contributed by atoms with Crippen LogP contribution in [0, 0.1) is 5.41 Å². The maximum absolute atomic E-state index is 6.17. The van der Waals surface area contributed by atoms with Crippen LogP contribution in [0.2, 0.25) is 10.0 Å². The Bertz CT molecular complexity index is 644. The predicted molar refractivity (Wildman–Crippen MR) is 77.0 cm³/mol. The molecule has 2 aromatic rings. The van der Waals surface area contributed by atoms with E-state index in [1.54, 1.807) is 18.2 Å². The quantitative estimate of drug-likeness (QED) is 0.922. The Morgan fingerprint density at radius 3 is 2.80 bits per heavy atom. The van der Waals surface area contributed by atoms with Crippen molar-refractivity contribution >= 4 is 23.2 Å². The fourth-order valence-corrected chi connectivity index (χ4v) is 3.69. The maximum atomic E-state index is 6.17. The third-order valence-electron chi connectivity index (χ3n) is 4.39. The van der Waals surface area contributed by atoms with Crippen molar-refractivity contribution in [2.75, 3.05) is 13.1 Å². The first-order valence-corrected chi connectivity index (χ1v) is 7.44. The van der Waals surface area contributed by atoms with E-state index in [0.29, 0.717) is 38.7 Å². The van der Waals surface area contributed by atoms with E-state index in [-0.39, 0.29) is 0 Å². The van der Waals surface area contributed by atoms with Gasteiger partial charge >= 0.3 is 0 Å². The van der Waals surface area contributed by atoms with Crippen molar-refractivity contribution in [3.63, 3.8) is 0 Å². The lowest BCUT2D eigenvalue weighted by Crippen LogP contribution is -2.10. The topological polar surface area (TPSA) is 51.0 Å². The number of hydrogen-bond donors (Lipinski definition) is 1. The smallest absolute Gasteiger partial charge is 0.230 e. The van der Waals surface area contributed by atoms with Gasteiger partial charge in [-0.3, -0.25) is 0 Å². The molecule has 2 atom stereocenters. The second kappa shape index (κ2) is 4.45. The molecule has 0 radical (unpaired) electrons. The second-order valence-electron chi connectivity index (χ2n) is 5.60. The summed E-state index contributed by atoms with van der Waals surface area (Å²) >= 11 is 12.3. The Morgan fingerprint density at radius 1 is 1.30 bits per heavy atom. The summed E-state index contributed by atoms with van der Waals surface area (Å²) in [7, 11) is 0. The molecule has 1 aromatic heterocycles. The maximum Gasteiger partial charge on any atom is 0.230 e. The minimum atomic E-state index is 0.341. The molecule has 2 heterocycles. The largest absolute Gasteiger partial charge is 0.339 e. The van der Waals surface area contributed by atoms with E-state index >= 15 is 0 Å². The van der Waals surface area contributed by atoms with Gasteiger partial charge in [0.05, 0.1) is 15.6 Å². The van der Waals surface area contributed by atoms with Crippen molar-refractivity contribution in [3.05, 3.63) is 34.1 Å². The summed E-state index contributed by atoms with van der Waals surface area (Å²) in [6.45, 7) is 2.12. The van der Waals surface area contributed by atoms with Crippen LogP contribution in [-0.2, 0) is 0 Å². The minimum Gasteiger partial charge on any atom is -0.339 e. The predicted octanol–water partition coefficient (Wildman–Crippen LogP) is 3.51. The number of rotatable bonds is 2. The van der Waals surface area contributed by atoms with Gasteiger partial charge in [-0.15, -0.1) is 0 Å². The van der Waals surface area contributed by atoms with Gasteiger partial charge in [0, 0.05) is 12.5 Å². The lowest BCUT2D eigenvalue weighted by atomic mass is 10.0. The first-order valence-electron chi connectivity index (χ1n) is 6.68. The molecule has 1 aliphatic heterocycles. The molecule has 2 aliphatic rings. The molecule has 2 unspecified atom stereocenters. The third kappa shape index (κ3) is 1.86. The van der Waals surface area contributed by atoms with Gasteiger partial charge in [-0.1, -0.05) is 34.4 Å². The summed E-state index contributed by atoms with van der Waals surface area (Å²) < 4.78 is 5.43. The molecule has 4 nitrogen and oxygen atoms in total. The molecule has 1 N–H and O–H groups in total. The van der Waals surface area contributed by atoms with E-state index in [2.05, 4.69) is 15.5 Å². The number of benzene rings is 1. The molecule has 4 rings (SSSR count). The van der Waals surface area contributed by atoms with Gasteiger partial charge in [0.25, 0.3) is 0 Å². The molecule has 1 saturated heterocycles. The average molecular weight is 310 g/mol. The minimum absolute atomic E-state index is 0.341. The van der Waals surface area contributed by atoms with Gasteiger partial charge in [-0.2, -0.15) is 4.98 Å². The summed E-state index contributed by atoms with van der Waals surface area (Å²) in [5.74, 6) is 1.56.